The summed E-state index contributed by atoms with van der Waals surface area (Å²) in [5.74, 6) is 1.20. The lowest BCUT2D eigenvalue weighted by Crippen LogP contribution is -2.29. The molecule has 0 spiro atoms. The topological polar surface area (TPSA) is 21.3 Å². The standard InChI is InChI=1S/C7H15NOS/c1-3-9-8-7-4-6(2)10-5-7/h6-8H,3-5H2,1-2H3. The first-order chi connectivity index (χ1) is 4.83. The van der Waals surface area contributed by atoms with E-state index in [1.807, 2.05) is 18.7 Å². The summed E-state index contributed by atoms with van der Waals surface area (Å²) >= 11 is 2.01. The number of hydrogen-bond donors (Lipinski definition) is 1. The highest BCUT2D eigenvalue weighted by Gasteiger charge is 2.21. The van der Waals surface area contributed by atoms with Gasteiger partial charge in [-0.25, -0.2) is 0 Å². The molecule has 1 saturated heterocycles. The monoisotopic (exact) mass is 161 g/mol. The first-order valence-electron chi connectivity index (χ1n) is 3.82. The number of rotatable bonds is 3. The van der Waals surface area contributed by atoms with Gasteiger partial charge in [0.1, 0.15) is 0 Å². The van der Waals surface area contributed by atoms with Gasteiger partial charge in [-0.1, -0.05) is 6.92 Å². The van der Waals surface area contributed by atoms with Gasteiger partial charge in [0, 0.05) is 17.0 Å². The van der Waals surface area contributed by atoms with E-state index < -0.39 is 0 Å². The summed E-state index contributed by atoms with van der Waals surface area (Å²) in [5.41, 5.74) is 3.04. The largest absolute Gasteiger partial charge is 0.302 e. The van der Waals surface area contributed by atoms with E-state index >= 15 is 0 Å². The van der Waals surface area contributed by atoms with Crippen LogP contribution in [0.15, 0.2) is 0 Å². The highest BCUT2D eigenvalue weighted by Crippen LogP contribution is 2.25. The molecule has 1 N–H and O–H groups in total. The van der Waals surface area contributed by atoms with Gasteiger partial charge in [0.15, 0.2) is 0 Å². The van der Waals surface area contributed by atoms with Crippen molar-refractivity contribution in [2.75, 3.05) is 12.4 Å². The quantitative estimate of drug-likeness (QED) is 0.633. The fourth-order valence-electron chi connectivity index (χ4n) is 1.10. The zero-order valence-corrected chi connectivity index (χ0v) is 7.41. The molecule has 0 saturated carbocycles. The maximum absolute atomic E-state index is 5.10. The van der Waals surface area contributed by atoms with E-state index in [4.69, 9.17) is 4.84 Å². The Morgan fingerprint density at radius 2 is 2.50 bits per heavy atom. The van der Waals surface area contributed by atoms with Crippen LogP contribution in [0.2, 0.25) is 0 Å². The number of thioether (sulfide) groups is 1. The minimum absolute atomic E-state index is 0.583. The molecule has 1 aliphatic heterocycles. The van der Waals surface area contributed by atoms with Gasteiger partial charge in [0.25, 0.3) is 0 Å². The molecule has 3 heteroatoms. The normalized spacial score (nSPS) is 33.0. The molecule has 0 amide bonds. The van der Waals surface area contributed by atoms with Crippen molar-refractivity contribution in [1.29, 1.82) is 0 Å². The molecule has 0 bridgehead atoms. The zero-order valence-electron chi connectivity index (χ0n) is 6.59. The Morgan fingerprint density at radius 3 is 3.00 bits per heavy atom. The van der Waals surface area contributed by atoms with Crippen molar-refractivity contribution < 1.29 is 4.84 Å². The van der Waals surface area contributed by atoms with Gasteiger partial charge in [0.2, 0.25) is 0 Å². The van der Waals surface area contributed by atoms with E-state index in [-0.39, 0.29) is 0 Å². The SMILES string of the molecule is CCONC1CSC(C)C1. The van der Waals surface area contributed by atoms with Gasteiger partial charge in [-0.15, -0.1) is 0 Å². The molecule has 1 aliphatic rings. The van der Waals surface area contributed by atoms with Gasteiger partial charge in [-0.3, -0.25) is 0 Å². The minimum Gasteiger partial charge on any atom is -0.302 e. The molecule has 0 aliphatic carbocycles. The molecule has 1 rings (SSSR count). The summed E-state index contributed by atoms with van der Waals surface area (Å²) in [5, 5.41) is 0.804. The smallest absolute Gasteiger partial charge is 0.0654 e. The van der Waals surface area contributed by atoms with Gasteiger partial charge in [-0.2, -0.15) is 17.2 Å². The molecule has 1 heterocycles. The summed E-state index contributed by atoms with van der Waals surface area (Å²) in [6.07, 6.45) is 1.24. The molecular formula is C7H15NOS. The van der Waals surface area contributed by atoms with E-state index in [0.717, 1.165) is 11.9 Å². The zero-order chi connectivity index (χ0) is 7.40. The van der Waals surface area contributed by atoms with Crippen LogP contribution < -0.4 is 5.48 Å². The fraction of sp³-hybridized carbons (Fsp3) is 1.00. The second-order valence-electron chi connectivity index (χ2n) is 2.63. The van der Waals surface area contributed by atoms with Crippen LogP contribution in [0.25, 0.3) is 0 Å². The van der Waals surface area contributed by atoms with Gasteiger partial charge in [-0.05, 0) is 13.3 Å². The van der Waals surface area contributed by atoms with E-state index in [0.29, 0.717) is 6.04 Å². The van der Waals surface area contributed by atoms with Crippen molar-refractivity contribution in [2.45, 2.75) is 31.6 Å². The molecule has 1 fully saturated rings. The molecular weight excluding hydrogens is 146 g/mol. The lowest BCUT2D eigenvalue weighted by molar-refractivity contribution is 0.0298. The van der Waals surface area contributed by atoms with Crippen molar-refractivity contribution in [2.24, 2.45) is 0 Å². The third-order valence-electron chi connectivity index (χ3n) is 1.59. The molecule has 0 aromatic carbocycles. The van der Waals surface area contributed by atoms with Crippen LogP contribution in [-0.2, 0) is 4.84 Å². The molecule has 10 heavy (non-hydrogen) atoms. The second kappa shape index (κ2) is 4.21. The Morgan fingerprint density at radius 1 is 1.70 bits per heavy atom. The maximum Gasteiger partial charge on any atom is 0.0654 e. The molecule has 0 aromatic rings. The van der Waals surface area contributed by atoms with Crippen LogP contribution in [0.5, 0.6) is 0 Å². The molecule has 0 aromatic heterocycles. The third kappa shape index (κ3) is 2.48. The lowest BCUT2D eigenvalue weighted by Gasteiger charge is -2.09. The second-order valence-corrected chi connectivity index (χ2v) is 4.10. The molecule has 2 nitrogen and oxygen atoms in total. The molecule has 0 radical (unpaired) electrons. The lowest BCUT2D eigenvalue weighted by atomic mass is 10.2. The van der Waals surface area contributed by atoms with Crippen LogP contribution in [0.4, 0.5) is 0 Å². The number of nitrogens with one attached hydrogen (secondary N) is 1. The van der Waals surface area contributed by atoms with Crippen LogP contribution in [0.3, 0.4) is 0 Å². The average Bonchev–Trinajstić information content (AvgIpc) is 2.31. The van der Waals surface area contributed by atoms with E-state index in [2.05, 4.69) is 12.4 Å². The predicted molar refractivity (Wildman–Crippen MR) is 45.1 cm³/mol. The fourth-order valence-corrected chi connectivity index (χ4v) is 2.23. The summed E-state index contributed by atoms with van der Waals surface area (Å²) in [6, 6.07) is 0.583. The van der Waals surface area contributed by atoms with Crippen molar-refractivity contribution >= 4 is 11.8 Å². The van der Waals surface area contributed by atoms with Crippen molar-refractivity contribution in [3.8, 4) is 0 Å². The van der Waals surface area contributed by atoms with Gasteiger partial charge in [0.05, 0.1) is 6.61 Å². The molecule has 60 valence electrons. The van der Waals surface area contributed by atoms with Crippen LogP contribution in [0.1, 0.15) is 20.3 Å². The first kappa shape index (κ1) is 8.37. The summed E-state index contributed by atoms with van der Waals surface area (Å²) in [6.45, 7) is 5.02. The van der Waals surface area contributed by atoms with E-state index in [1.165, 1.54) is 12.2 Å². The van der Waals surface area contributed by atoms with Gasteiger partial charge < -0.3 is 4.84 Å². The van der Waals surface area contributed by atoms with Crippen LogP contribution >= 0.6 is 11.8 Å². The minimum atomic E-state index is 0.583. The van der Waals surface area contributed by atoms with Crippen molar-refractivity contribution in [3.63, 3.8) is 0 Å². The summed E-state index contributed by atoms with van der Waals surface area (Å²) in [7, 11) is 0. The van der Waals surface area contributed by atoms with E-state index in [9.17, 15) is 0 Å². The first-order valence-corrected chi connectivity index (χ1v) is 4.86. The molecule has 2 unspecified atom stereocenters. The average molecular weight is 161 g/mol. The van der Waals surface area contributed by atoms with E-state index in [1.54, 1.807) is 0 Å². The summed E-state index contributed by atoms with van der Waals surface area (Å²) < 4.78 is 0. The Hall–Kier alpha value is 0.270. The Labute approximate surface area is 66.7 Å². The third-order valence-corrected chi connectivity index (χ3v) is 2.95. The predicted octanol–water partition coefficient (Wildman–Crippen LogP) is 1.42. The number of hydroxylamine groups is 1. The van der Waals surface area contributed by atoms with Crippen LogP contribution in [-0.4, -0.2) is 23.7 Å². The van der Waals surface area contributed by atoms with Gasteiger partial charge >= 0.3 is 0 Å². The Bertz CT molecular complexity index is 99.6. The Kier molecular flexibility index (Phi) is 3.52. The maximum atomic E-state index is 5.10. The van der Waals surface area contributed by atoms with Crippen molar-refractivity contribution in [3.05, 3.63) is 0 Å². The highest BCUT2D eigenvalue weighted by molar-refractivity contribution is 8.00. The Balaban J connectivity index is 2.06. The summed E-state index contributed by atoms with van der Waals surface area (Å²) in [4.78, 5) is 5.10. The van der Waals surface area contributed by atoms with Crippen molar-refractivity contribution in [1.82, 2.24) is 5.48 Å². The molecule has 2 atom stereocenters. The number of hydrogen-bond acceptors (Lipinski definition) is 3. The highest BCUT2D eigenvalue weighted by atomic mass is 32.2. The van der Waals surface area contributed by atoms with Crippen LogP contribution in [0, 0.1) is 0 Å².